The van der Waals surface area contributed by atoms with Crippen molar-refractivity contribution in [2.45, 2.75) is 6.10 Å². The molecule has 108 valence electrons. The first-order valence-electron chi connectivity index (χ1n) is 6.48. The molecule has 1 fully saturated rings. The Hall–Kier alpha value is -1.97. The normalized spacial score (nSPS) is 18.5. The highest BCUT2D eigenvalue weighted by molar-refractivity contribution is 7.10. The zero-order valence-corrected chi connectivity index (χ0v) is 11.9. The van der Waals surface area contributed by atoms with Crippen LogP contribution in [0.15, 0.2) is 29.6 Å². The smallest absolute Gasteiger partial charge is 0.150 e. The molecular weight excluding hydrogens is 294 g/mol. The van der Waals surface area contributed by atoms with Gasteiger partial charge in [0.1, 0.15) is 11.8 Å². The lowest BCUT2D eigenvalue weighted by Crippen LogP contribution is -2.39. The molecule has 0 saturated carbocycles. The number of morpholine rings is 1. The van der Waals surface area contributed by atoms with E-state index in [9.17, 15) is 8.78 Å². The molecule has 1 unspecified atom stereocenters. The van der Waals surface area contributed by atoms with E-state index in [4.69, 9.17) is 10.00 Å². The average Bonchev–Trinajstić information content (AvgIpc) is 3.01. The maximum Gasteiger partial charge on any atom is 0.150 e. The number of hydrogen-bond donors (Lipinski definition) is 0. The second kappa shape index (κ2) is 5.80. The lowest BCUT2D eigenvalue weighted by atomic mass is 10.1. The van der Waals surface area contributed by atoms with E-state index in [1.165, 1.54) is 0 Å². The summed E-state index contributed by atoms with van der Waals surface area (Å²) >= 11 is 1.56. The van der Waals surface area contributed by atoms with Crippen LogP contribution >= 0.6 is 11.3 Å². The highest BCUT2D eigenvalue weighted by Crippen LogP contribution is 2.31. The molecule has 6 heteroatoms. The third-order valence-electron chi connectivity index (χ3n) is 3.39. The third kappa shape index (κ3) is 2.75. The maximum absolute atomic E-state index is 14.1. The van der Waals surface area contributed by atoms with Crippen LogP contribution in [0.4, 0.5) is 14.5 Å². The maximum atomic E-state index is 14.1. The van der Waals surface area contributed by atoms with Crippen molar-refractivity contribution < 1.29 is 13.5 Å². The average molecular weight is 306 g/mol. The van der Waals surface area contributed by atoms with E-state index in [0.717, 1.165) is 17.0 Å². The summed E-state index contributed by atoms with van der Waals surface area (Å²) in [6.07, 6.45) is -0.187. The molecule has 1 aliphatic rings. The summed E-state index contributed by atoms with van der Waals surface area (Å²) in [5, 5.41) is 10.7. The summed E-state index contributed by atoms with van der Waals surface area (Å²) in [4.78, 5) is 2.67. The van der Waals surface area contributed by atoms with Crippen LogP contribution in [0.3, 0.4) is 0 Å². The van der Waals surface area contributed by atoms with Gasteiger partial charge in [-0.05, 0) is 23.6 Å². The van der Waals surface area contributed by atoms with Gasteiger partial charge in [-0.2, -0.15) is 5.26 Å². The van der Waals surface area contributed by atoms with Crippen LogP contribution < -0.4 is 4.90 Å². The van der Waals surface area contributed by atoms with E-state index in [0.29, 0.717) is 19.7 Å². The summed E-state index contributed by atoms with van der Waals surface area (Å²) in [6.45, 7) is 1.21. The molecule has 1 aliphatic heterocycles. The molecule has 0 radical (unpaired) electrons. The topological polar surface area (TPSA) is 36.3 Å². The van der Waals surface area contributed by atoms with Gasteiger partial charge >= 0.3 is 0 Å². The second-order valence-corrected chi connectivity index (χ2v) is 5.70. The number of nitriles is 1. The van der Waals surface area contributed by atoms with E-state index < -0.39 is 11.6 Å². The van der Waals surface area contributed by atoms with Crippen molar-refractivity contribution in [3.63, 3.8) is 0 Å². The number of rotatable bonds is 2. The fourth-order valence-corrected chi connectivity index (χ4v) is 3.20. The van der Waals surface area contributed by atoms with Gasteiger partial charge in [0.05, 0.1) is 18.2 Å². The van der Waals surface area contributed by atoms with Gasteiger partial charge in [0.2, 0.25) is 0 Å². The Morgan fingerprint density at radius 1 is 1.33 bits per heavy atom. The molecule has 0 N–H and O–H groups in total. The van der Waals surface area contributed by atoms with Crippen molar-refractivity contribution in [3.05, 3.63) is 51.7 Å². The van der Waals surface area contributed by atoms with Crippen LogP contribution in [0, 0.1) is 23.0 Å². The molecule has 0 bridgehead atoms. The molecule has 0 amide bonds. The molecule has 2 aromatic rings. The van der Waals surface area contributed by atoms with E-state index in [-0.39, 0.29) is 17.4 Å². The number of hydrogen-bond acceptors (Lipinski definition) is 4. The molecule has 1 aromatic heterocycles. The second-order valence-electron chi connectivity index (χ2n) is 4.72. The number of ether oxygens (including phenoxy) is 1. The first-order chi connectivity index (χ1) is 10.2. The summed E-state index contributed by atoms with van der Waals surface area (Å²) < 4.78 is 33.8. The van der Waals surface area contributed by atoms with Crippen LogP contribution in [0.1, 0.15) is 16.5 Å². The number of anilines is 1. The van der Waals surface area contributed by atoms with Gasteiger partial charge in [-0.1, -0.05) is 6.07 Å². The van der Waals surface area contributed by atoms with Gasteiger partial charge in [0.15, 0.2) is 11.6 Å². The van der Waals surface area contributed by atoms with Crippen molar-refractivity contribution in [2.75, 3.05) is 24.6 Å². The van der Waals surface area contributed by atoms with Crippen LogP contribution in [-0.4, -0.2) is 19.7 Å². The summed E-state index contributed by atoms with van der Waals surface area (Å²) in [6, 6.07) is 7.75. The van der Waals surface area contributed by atoms with Crippen molar-refractivity contribution in [1.29, 1.82) is 5.26 Å². The molecule has 1 aromatic carbocycles. The predicted molar refractivity (Wildman–Crippen MR) is 76.3 cm³/mol. The highest BCUT2D eigenvalue weighted by Gasteiger charge is 2.27. The molecule has 3 rings (SSSR count). The number of nitrogens with zero attached hydrogens (tertiary/aromatic N) is 2. The summed E-state index contributed by atoms with van der Waals surface area (Å²) in [5.41, 5.74) is -0.101. The largest absolute Gasteiger partial charge is 0.369 e. The Labute approximate surface area is 125 Å². The van der Waals surface area contributed by atoms with Gasteiger partial charge in [0, 0.05) is 18.0 Å². The third-order valence-corrected chi connectivity index (χ3v) is 4.35. The lowest BCUT2D eigenvalue weighted by Gasteiger charge is -2.34. The molecule has 0 spiro atoms. The fourth-order valence-electron chi connectivity index (χ4n) is 2.43. The van der Waals surface area contributed by atoms with Gasteiger partial charge in [-0.25, -0.2) is 8.78 Å². The minimum absolute atomic E-state index is 0.0168. The summed E-state index contributed by atoms with van der Waals surface area (Å²) in [5.74, 6) is -1.42. The first kappa shape index (κ1) is 14.0. The van der Waals surface area contributed by atoms with Crippen LogP contribution in [0.5, 0.6) is 0 Å². The molecule has 3 nitrogen and oxygen atoms in total. The summed E-state index contributed by atoms with van der Waals surface area (Å²) in [7, 11) is 0. The lowest BCUT2D eigenvalue weighted by molar-refractivity contribution is 0.0417. The minimum Gasteiger partial charge on any atom is -0.369 e. The Morgan fingerprint density at radius 3 is 2.71 bits per heavy atom. The Morgan fingerprint density at radius 2 is 2.10 bits per heavy atom. The van der Waals surface area contributed by atoms with Gasteiger partial charge in [0.25, 0.3) is 0 Å². The zero-order valence-electron chi connectivity index (χ0n) is 11.1. The Balaban J connectivity index is 1.89. The number of benzene rings is 1. The van der Waals surface area contributed by atoms with E-state index in [1.54, 1.807) is 22.3 Å². The molecule has 2 heterocycles. The number of halogens is 2. The van der Waals surface area contributed by atoms with Gasteiger partial charge in [-0.15, -0.1) is 11.3 Å². The van der Waals surface area contributed by atoms with Crippen molar-refractivity contribution in [2.24, 2.45) is 0 Å². The van der Waals surface area contributed by atoms with Crippen molar-refractivity contribution >= 4 is 17.0 Å². The molecule has 1 saturated heterocycles. The minimum atomic E-state index is -0.710. The van der Waals surface area contributed by atoms with E-state index in [2.05, 4.69) is 0 Å². The molecule has 21 heavy (non-hydrogen) atoms. The van der Waals surface area contributed by atoms with Crippen molar-refractivity contribution in [1.82, 2.24) is 0 Å². The Bertz CT molecular complexity index is 658. The van der Waals surface area contributed by atoms with E-state index in [1.807, 2.05) is 17.5 Å². The standard InChI is InChI=1S/C15H12F2N2OS/c16-11-6-10(8-18)7-12(17)15(11)19-3-4-20-13(9-19)14-2-1-5-21-14/h1-2,5-7,13H,3-4,9H2. The van der Waals surface area contributed by atoms with Gasteiger partial charge in [-0.3, -0.25) is 0 Å². The molecular formula is C15H12F2N2OS. The number of thiophene rings is 1. The fraction of sp³-hybridized carbons (Fsp3) is 0.267. The molecule has 0 aliphatic carbocycles. The van der Waals surface area contributed by atoms with Gasteiger partial charge < -0.3 is 9.64 Å². The first-order valence-corrected chi connectivity index (χ1v) is 7.36. The Kier molecular flexibility index (Phi) is 3.86. The SMILES string of the molecule is N#Cc1cc(F)c(N2CCOC(c3cccs3)C2)c(F)c1. The van der Waals surface area contributed by atoms with E-state index >= 15 is 0 Å². The highest BCUT2D eigenvalue weighted by atomic mass is 32.1. The monoisotopic (exact) mass is 306 g/mol. The quantitative estimate of drug-likeness (QED) is 0.852. The van der Waals surface area contributed by atoms with Crippen LogP contribution in [-0.2, 0) is 4.74 Å². The molecule has 1 atom stereocenters. The van der Waals surface area contributed by atoms with Crippen molar-refractivity contribution in [3.8, 4) is 6.07 Å². The predicted octanol–water partition coefficient (Wildman–Crippen LogP) is 3.48. The van der Waals surface area contributed by atoms with Crippen LogP contribution in [0.25, 0.3) is 0 Å². The van der Waals surface area contributed by atoms with Crippen LogP contribution in [0.2, 0.25) is 0 Å². The zero-order chi connectivity index (χ0) is 14.8.